The predicted octanol–water partition coefficient (Wildman–Crippen LogP) is 7.78. The van der Waals surface area contributed by atoms with Crippen LogP contribution in [0, 0.1) is 0 Å². The van der Waals surface area contributed by atoms with Gasteiger partial charge in [0, 0.05) is 33.8 Å². The van der Waals surface area contributed by atoms with Gasteiger partial charge in [0.05, 0.1) is 0 Å². The Kier molecular flexibility index (Phi) is 13.4. The van der Waals surface area contributed by atoms with E-state index in [0.717, 1.165) is 12.0 Å². The summed E-state index contributed by atoms with van der Waals surface area (Å²) in [5.74, 6) is 0. The van der Waals surface area contributed by atoms with Crippen LogP contribution in [0.3, 0.4) is 0 Å². The molecule has 0 aromatic carbocycles. The maximum atomic E-state index is 5.22. The number of allylic oxidation sites excluding steroid dienone is 6. The summed E-state index contributed by atoms with van der Waals surface area (Å²) in [5.41, 5.74) is 5.80. The fourth-order valence-electron chi connectivity index (χ4n) is 3.11. The van der Waals surface area contributed by atoms with Gasteiger partial charge in [0.1, 0.15) is 0 Å². The molecule has 136 valence electrons. The van der Waals surface area contributed by atoms with Crippen LogP contribution in [0.1, 0.15) is 68.7 Å². The Bertz CT molecular complexity index is 506. The average Bonchev–Trinajstić information content (AvgIpc) is 2.96. The van der Waals surface area contributed by atoms with E-state index in [2.05, 4.69) is 79.3 Å². The smallest absolute Gasteiger partial charge is 0.0425 e. The fraction of sp³-hybridized carbons (Fsp3) is 0.619. The maximum absolute atomic E-state index is 5.22. The second-order valence-electron chi connectivity index (χ2n) is 7.22. The number of hydrogen-bond donors (Lipinski definition) is 0. The van der Waals surface area contributed by atoms with Gasteiger partial charge in [0.25, 0.3) is 0 Å². The van der Waals surface area contributed by atoms with E-state index in [0.29, 0.717) is 17.0 Å². The second-order valence-corrected chi connectivity index (χ2v) is 12.1. The molecule has 0 radical (unpaired) electrons. The summed E-state index contributed by atoms with van der Waals surface area (Å²) in [7, 11) is -1.24. The average molecular weight is 383 g/mol. The van der Waals surface area contributed by atoms with Crippen molar-refractivity contribution < 1.29 is 21.7 Å². The molecule has 0 bridgehead atoms. The molecule has 0 aromatic rings. The normalized spacial score (nSPS) is 14.3. The Morgan fingerprint density at radius 2 is 1.54 bits per heavy atom. The van der Waals surface area contributed by atoms with Gasteiger partial charge < -0.3 is 0 Å². The van der Waals surface area contributed by atoms with Crippen LogP contribution in [0.15, 0.2) is 52.5 Å². The summed E-state index contributed by atoms with van der Waals surface area (Å²) < 4.78 is 5.22. The molecule has 24 heavy (non-hydrogen) atoms. The minimum absolute atomic E-state index is 0. The van der Waals surface area contributed by atoms with Crippen molar-refractivity contribution in [2.75, 3.05) is 0 Å². The monoisotopic (exact) mass is 383 g/mol. The van der Waals surface area contributed by atoms with E-state index in [1.165, 1.54) is 11.3 Å². The molecule has 0 saturated carbocycles. The van der Waals surface area contributed by atoms with Gasteiger partial charge in [0.2, 0.25) is 0 Å². The van der Waals surface area contributed by atoms with Crippen molar-refractivity contribution in [2.24, 2.45) is 4.74 Å². The van der Waals surface area contributed by atoms with Gasteiger partial charge >= 0.3 is 0 Å². The van der Waals surface area contributed by atoms with Gasteiger partial charge in [-0.2, -0.15) is 0 Å². The molecule has 0 aliphatic heterocycles. The van der Waals surface area contributed by atoms with Gasteiger partial charge in [-0.15, -0.1) is 0 Å². The second kappa shape index (κ2) is 12.3. The van der Waals surface area contributed by atoms with E-state index in [9.17, 15) is 0 Å². The molecular weight excluding hydrogens is 345 g/mol. The first kappa shape index (κ1) is 26.1. The number of hydrogen-bond acceptors (Lipinski definition) is 1. The van der Waals surface area contributed by atoms with Gasteiger partial charge in [-0.25, -0.2) is 0 Å². The van der Waals surface area contributed by atoms with Crippen LogP contribution in [0.5, 0.6) is 0 Å². The van der Waals surface area contributed by atoms with Crippen molar-refractivity contribution in [3.05, 3.63) is 47.7 Å². The molecule has 0 unspecified atom stereocenters. The summed E-state index contributed by atoms with van der Waals surface area (Å²) in [4.78, 5) is 0. The molecule has 1 nitrogen and oxygen atoms in total. The summed E-state index contributed by atoms with van der Waals surface area (Å²) in [5, 5.41) is 0. The molecule has 1 aliphatic carbocycles. The summed E-state index contributed by atoms with van der Waals surface area (Å²) in [6.07, 6.45) is 9.61. The van der Waals surface area contributed by atoms with Gasteiger partial charge in [-0.3, -0.25) is 4.74 Å². The largest absolute Gasteiger partial charge is 0.271 e. The third-order valence-corrected chi connectivity index (χ3v) is 10.2. The fourth-order valence-corrected chi connectivity index (χ4v) is 7.98. The standard InChI is InChI=1S/C14H26NP.C7H12.Ti/c1-11(2)16(12(3)4,13(5)6)15-14-9-7-8-10-14;1-5-7(4)6(2)3;/h7-9,11-13H,10H2,1-6H3;5H,2H2,1,3-4H3;. The minimum Gasteiger partial charge on any atom is -0.271 e. The van der Waals surface area contributed by atoms with Crippen LogP contribution in [0.2, 0.25) is 0 Å². The van der Waals surface area contributed by atoms with Crippen LogP contribution in [-0.4, -0.2) is 17.0 Å². The van der Waals surface area contributed by atoms with Crippen LogP contribution >= 0.6 is 7.05 Å². The van der Waals surface area contributed by atoms with Crippen molar-refractivity contribution in [1.29, 1.82) is 0 Å². The van der Waals surface area contributed by atoms with Gasteiger partial charge in [-0.05, 0) is 50.9 Å². The zero-order chi connectivity index (χ0) is 18.2. The van der Waals surface area contributed by atoms with Crippen LogP contribution in [0.25, 0.3) is 0 Å². The maximum Gasteiger partial charge on any atom is 0.0425 e. The van der Waals surface area contributed by atoms with Crippen molar-refractivity contribution in [1.82, 2.24) is 0 Å². The molecular formula is C21H38NPTi. The number of nitrogens with zero attached hydrogens (tertiary/aromatic N) is 1. The Labute approximate surface area is 166 Å². The van der Waals surface area contributed by atoms with Gasteiger partial charge in [-0.1, -0.05) is 77.5 Å². The molecule has 0 N–H and O–H groups in total. The zero-order valence-electron chi connectivity index (χ0n) is 17.4. The first-order chi connectivity index (χ1) is 10.6. The van der Waals surface area contributed by atoms with Crippen molar-refractivity contribution in [3.63, 3.8) is 0 Å². The van der Waals surface area contributed by atoms with Crippen LogP contribution in [-0.2, 0) is 21.7 Å². The number of rotatable bonds is 5. The van der Waals surface area contributed by atoms with Gasteiger partial charge in [0.15, 0.2) is 0 Å². The van der Waals surface area contributed by atoms with E-state index in [1.54, 1.807) is 0 Å². The molecule has 1 rings (SSSR count). The third-order valence-electron chi connectivity index (χ3n) is 4.64. The molecule has 0 amide bonds. The minimum atomic E-state index is -1.24. The zero-order valence-corrected chi connectivity index (χ0v) is 19.8. The Balaban J connectivity index is 0. The molecule has 0 fully saturated rings. The molecule has 0 aromatic heterocycles. The molecule has 3 heteroatoms. The Hall–Kier alpha value is -0.0957. The van der Waals surface area contributed by atoms with E-state index < -0.39 is 7.05 Å². The Morgan fingerprint density at radius 1 is 1.08 bits per heavy atom. The SMILES string of the molecule is C=C(C)C(C)=CC.CC(C)P(=NC1=CC=CC1)(C(C)C)C(C)C.[Ti]. The van der Waals surface area contributed by atoms with Crippen LogP contribution in [0.4, 0.5) is 0 Å². The van der Waals surface area contributed by atoms with E-state index in [4.69, 9.17) is 4.74 Å². The predicted molar refractivity (Wildman–Crippen MR) is 111 cm³/mol. The van der Waals surface area contributed by atoms with Crippen molar-refractivity contribution >= 4 is 7.05 Å². The first-order valence-corrected chi connectivity index (χ1v) is 10.8. The first-order valence-electron chi connectivity index (χ1n) is 8.85. The van der Waals surface area contributed by atoms with Crippen molar-refractivity contribution in [3.8, 4) is 0 Å². The molecule has 0 heterocycles. The Morgan fingerprint density at radius 3 is 1.75 bits per heavy atom. The third kappa shape index (κ3) is 7.43. The van der Waals surface area contributed by atoms with E-state index in [-0.39, 0.29) is 21.7 Å². The molecule has 1 aliphatic rings. The summed E-state index contributed by atoms with van der Waals surface area (Å²) >= 11 is 0. The van der Waals surface area contributed by atoms with E-state index in [1.807, 2.05) is 13.8 Å². The van der Waals surface area contributed by atoms with Crippen molar-refractivity contribution in [2.45, 2.75) is 85.7 Å². The quantitative estimate of drug-likeness (QED) is 0.261. The van der Waals surface area contributed by atoms with E-state index >= 15 is 0 Å². The van der Waals surface area contributed by atoms with Crippen LogP contribution < -0.4 is 0 Å². The molecule has 0 atom stereocenters. The summed E-state index contributed by atoms with van der Waals surface area (Å²) in [6, 6.07) is 0. The molecule has 0 spiro atoms. The summed E-state index contributed by atoms with van der Waals surface area (Å²) in [6.45, 7) is 23.9. The topological polar surface area (TPSA) is 12.4 Å². The molecule has 0 saturated heterocycles.